The lowest BCUT2D eigenvalue weighted by atomic mass is 10.0. The van der Waals surface area contributed by atoms with Crippen LogP contribution in [0.3, 0.4) is 0 Å². The summed E-state index contributed by atoms with van der Waals surface area (Å²) in [6.07, 6.45) is 1.07. The van der Waals surface area contributed by atoms with E-state index in [1.807, 2.05) is 12.1 Å². The third-order valence-electron chi connectivity index (χ3n) is 5.35. The highest BCUT2D eigenvalue weighted by Gasteiger charge is 2.21. The average Bonchev–Trinajstić information content (AvgIpc) is 3.00. The molecule has 0 saturated carbocycles. The number of aromatic nitrogens is 1. The largest absolute Gasteiger partial charge is 0.493 e. The van der Waals surface area contributed by atoms with Gasteiger partial charge in [0.2, 0.25) is 5.75 Å². The second kappa shape index (κ2) is 7.16. The predicted molar refractivity (Wildman–Crippen MR) is 107 cm³/mol. The summed E-state index contributed by atoms with van der Waals surface area (Å²) < 4.78 is 18.9. The second-order valence-electron chi connectivity index (χ2n) is 6.99. The fourth-order valence-electron chi connectivity index (χ4n) is 4.08. The van der Waals surface area contributed by atoms with Crippen molar-refractivity contribution in [2.45, 2.75) is 26.4 Å². The lowest BCUT2D eigenvalue weighted by molar-refractivity contribution is 0.323. The van der Waals surface area contributed by atoms with Crippen LogP contribution in [-0.4, -0.2) is 32.4 Å². The maximum absolute atomic E-state index is 5.53. The van der Waals surface area contributed by atoms with Gasteiger partial charge in [-0.3, -0.25) is 0 Å². The Morgan fingerprint density at radius 2 is 1.74 bits per heavy atom. The van der Waals surface area contributed by atoms with Crippen molar-refractivity contribution >= 4 is 10.9 Å². The third-order valence-corrected chi connectivity index (χ3v) is 5.35. The van der Waals surface area contributed by atoms with Gasteiger partial charge in [-0.15, -0.1) is 0 Å². The van der Waals surface area contributed by atoms with Crippen molar-refractivity contribution in [2.24, 2.45) is 0 Å². The van der Waals surface area contributed by atoms with Gasteiger partial charge in [0.25, 0.3) is 0 Å². The zero-order chi connectivity index (χ0) is 19.0. The molecule has 0 fully saturated rings. The van der Waals surface area contributed by atoms with Gasteiger partial charge in [-0.05, 0) is 55.3 Å². The zero-order valence-corrected chi connectivity index (χ0v) is 16.4. The molecule has 2 heterocycles. The van der Waals surface area contributed by atoms with Gasteiger partial charge in [-0.25, -0.2) is 0 Å². The fourth-order valence-corrected chi connectivity index (χ4v) is 4.08. The Morgan fingerprint density at radius 3 is 2.41 bits per heavy atom. The van der Waals surface area contributed by atoms with Crippen molar-refractivity contribution in [3.05, 3.63) is 52.7 Å². The minimum Gasteiger partial charge on any atom is -0.493 e. The topological polar surface area (TPSA) is 44.7 Å². The summed E-state index contributed by atoms with van der Waals surface area (Å²) in [6, 6.07) is 10.8. The number of methoxy groups -OCH3 is 3. The van der Waals surface area contributed by atoms with E-state index in [1.54, 1.807) is 21.3 Å². The summed E-state index contributed by atoms with van der Waals surface area (Å²) in [5.74, 6) is 2.00. The molecular formula is C22H26N2O3. The van der Waals surface area contributed by atoms with E-state index in [0.29, 0.717) is 17.2 Å². The van der Waals surface area contributed by atoms with Crippen molar-refractivity contribution in [3.63, 3.8) is 0 Å². The summed E-state index contributed by atoms with van der Waals surface area (Å²) in [5.41, 5.74) is 6.54. The summed E-state index contributed by atoms with van der Waals surface area (Å²) in [5, 5.41) is 4.89. The Labute approximate surface area is 159 Å². The minimum absolute atomic E-state index is 0.625. The van der Waals surface area contributed by atoms with Gasteiger partial charge in [0.05, 0.1) is 21.3 Å². The van der Waals surface area contributed by atoms with E-state index >= 15 is 0 Å². The number of hydrogen-bond donors (Lipinski definition) is 1. The molecule has 5 heteroatoms. The fraction of sp³-hybridized carbons (Fsp3) is 0.364. The van der Waals surface area contributed by atoms with Gasteiger partial charge in [0, 0.05) is 29.7 Å². The molecule has 0 atom stereocenters. The Hall–Kier alpha value is -2.66. The van der Waals surface area contributed by atoms with Crippen LogP contribution in [0.1, 0.15) is 22.4 Å². The molecule has 0 amide bonds. The number of aryl methyl sites for hydroxylation is 1. The van der Waals surface area contributed by atoms with E-state index in [4.69, 9.17) is 14.2 Å². The highest BCUT2D eigenvalue weighted by molar-refractivity contribution is 5.86. The normalized spacial score (nSPS) is 13.5. The average molecular weight is 366 g/mol. The highest BCUT2D eigenvalue weighted by atomic mass is 16.5. The molecule has 1 aliphatic heterocycles. The first-order valence-electron chi connectivity index (χ1n) is 9.26. The minimum atomic E-state index is 0.625. The van der Waals surface area contributed by atoms with Gasteiger partial charge < -0.3 is 24.1 Å². The van der Waals surface area contributed by atoms with E-state index in [0.717, 1.165) is 31.6 Å². The molecule has 0 radical (unpaired) electrons. The summed E-state index contributed by atoms with van der Waals surface area (Å²) in [6.45, 7) is 4.84. The van der Waals surface area contributed by atoms with Crippen LogP contribution in [0.25, 0.3) is 10.9 Å². The highest BCUT2D eigenvalue weighted by Crippen LogP contribution is 2.39. The Kier molecular flexibility index (Phi) is 4.70. The first kappa shape index (κ1) is 17.7. The molecule has 0 unspecified atom stereocenters. The molecule has 142 valence electrons. The van der Waals surface area contributed by atoms with Gasteiger partial charge in [-0.1, -0.05) is 11.6 Å². The van der Waals surface area contributed by atoms with E-state index in [2.05, 4.69) is 35.0 Å². The molecule has 4 rings (SSSR count). The van der Waals surface area contributed by atoms with Gasteiger partial charge in [0.1, 0.15) is 0 Å². The van der Waals surface area contributed by atoms with Crippen LogP contribution in [0.4, 0.5) is 0 Å². The van der Waals surface area contributed by atoms with Gasteiger partial charge >= 0.3 is 0 Å². The maximum Gasteiger partial charge on any atom is 0.203 e. The van der Waals surface area contributed by atoms with Crippen molar-refractivity contribution in [2.75, 3.05) is 27.9 Å². The SMILES string of the molecule is COc1cc(Cn2c3c(c4cc(C)ccc42)CCNC3)cc(OC)c1OC. The predicted octanol–water partition coefficient (Wildman–Crippen LogP) is 3.67. The number of fused-ring (bicyclic) bond motifs is 3. The van der Waals surface area contributed by atoms with E-state index in [1.165, 1.54) is 27.7 Å². The molecular weight excluding hydrogens is 340 g/mol. The van der Waals surface area contributed by atoms with Crippen LogP contribution in [0.2, 0.25) is 0 Å². The van der Waals surface area contributed by atoms with Crippen LogP contribution >= 0.6 is 0 Å². The summed E-state index contributed by atoms with van der Waals surface area (Å²) in [4.78, 5) is 0. The summed E-state index contributed by atoms with van der Waals surface area (Å²) >= 11 is 0. The molecule has 0 bridgehead atoms. The summed E-state index contributed by atoms with van der Waals surface area (Å²) in [7, 11) is 4.94. The molecule has 2 aromatic carbocycles. The molecule has 27 heavy (non-hydrogen) atoms. The molecule has 0 saturated heterocycles. The third kappa shape index (κ3) is 3.02. The Balaban J connectivity index is 1.85. The van der Waals surface area contributed by atoms with Crippen molar-refractivity contribution in [1.82, 2.24) is 9.88 Å². The Morgan fingerprint density at radius 1 is 1.00 bits per heavy atom. The van der Waals surface area contributed by atoms with Gasteiger partial charge in [0.15, 0.2) is 11.5 Å². The van der Waals surface area contributed by atoms with Crippen LogP contribution in [0.15, 0.2) is 30.3 Å². The molecule has 1 N–H and O–H groups in total. The molecule has 0 spiro atoms. The van der Waals surface area contributed by atoms with E-state index < -0.39 is 0 Å². The number of nitrogens with one attached hydrogen (secondary N) is 1. The first-order valence-corrected chi connectivity index (χ1v) is 9.26. The molecule has 1 aromatic heterocycles. The van der Waals surface area contributed by atoms with Crippen LogP contribution < -0.4 is 19.5 Å². The number of ether oxygens (including phenoxy) is 3. The maximum atomic E-state index is 5.53. The van der Waals surface area contributed by atoms with Crippen LogP contribution in [-0.2, 0) is 19.5 Å². The van der Waals surface area contributed by atoms with Crippen molar-refractivity contribution in [3.8, 4) is 17.2 Å². The van der Waals surface area contributed by atoms with E-state index in [9.17, 15) is 0 Å². The molecule has 0 aliphatic carbocycles. The molecule has 3 aromatic rings. The standard InChI is InChI=1S/C22H26N2O3/c1-14-5-6-18-17(9-14)16-7-8-23-12-19(16)24(18)13-15-10-20(25-2)22(27-4)21(11-15)26-3/h5-6,9-11,23H,7-8,12-13H2,1-4H3. The number of benzene rings is 2. The Bertz CT molecular complexity index is 966. The lowest BCUT2D eigenvalue weighted by Crippen LogP contribution is -2.25. The number of hydrogen-bond acceptors (Lipinski definition) is 4. The quantitative estimate of drug-likeness (QED) is 0.748. The van der Waals surface area contributed by atoms with Crippen molar-refractivity contribution in [1.29, 1.82) is 0 Å². The van der Waals surface area contributed by atoms with E-state index in [-0.39, 0.29) is 0 Å². The molecule has 5 nitrogen and oxygen atoms in total. The number of nitrogens with zero attached hydrogens (tertiary/aromatic N) is 1. The van der Waals surface area contributed by atoms with Crippen LogP contribution in [0.5, 0.6) is 17.2 Å². The van der Waals surface area contributed by atoms with Gasteiger partial charge in [-0.2, -0.15) is 0 Å². The van der Waals surface area contributed by atoms with Crippen molar-refractivity contribution < 1.29 is 14.2 Å². The molecule has 1 aliphatic rings. The lowest BCUT2D eigenvalue weighted by Gasteiger charge is -2.19. The first-order chi connectivity index (χ1) is 13.2. The number of rotatable bonds is 5. The van der Waals surface area contributed by atoms with Crippen LogP contribution in [0, 0.1) is 6.92 Å². The smallest absolute Gasteiger partial charge is 0.203 e. The zero-order valence-electron chi connectivity index (χ0n) is 16.4. The second-order valence-corrected chi connectivity index (χ2v) is 6.99. The monoisotopic (exact) mass is 366 g/mol.